The van der Waals surface area contributed by atoms with Gasteiger partial charge in [0, 0.05) is 10.8 Å². The van der Waals surface area contributed by atoms with Gasteiger partial charge in [-0.2, -0.15) is 13.2 Å². The Morgan fingerprint density at radius 3 is 2.44 bits per heavy atom. The van der Waals surface area contributed by atoms with Gasteiger partial charge in [0.2, 0.25) is 0 Å². The van der Waals surface area contributed by atoms with Gasteiger partial charge in [-0.05, 0) is 67.4 Å². The molecule has 0 aromatic heterocycles. The van der Waals surface area contributed by atoms with Crippen molar-refractivity contribution in [2.24, 2.45) is 34.5 Å². The smallest absolute Gasteiger partial charge is 0.380 e. The summed E-state index contributed by atoms with van der Waals surface area (Å²) in [5.74, 6) is -0.00524. The maximum atomic E-state index is 13.8. The first-order valence-electron chi connectivity index (χ1n) is 9.78. The summed E-state index contributed by atoms with van der Waals surface area (Å²) in [6.45, 7) is 5.78. The standard InChI is InChI=1S/C21H26ClF3O2/c1-11-10-14-17(22)15(26)6-7-18(14,2)12-4-8-19(3)13(16(11)12)5-9-20(19,27)21(23,24)25/h6-7,11-13,16,27H,4-5,8-10H2,1-3H3/t11-,12?,13?,16?,18+,19-,20-/m0/s1. The fourth-order valence-corrected chi connectivity index (χ4v) is 7.44. The summed E-state index contributed by atoms with van der Waals surface area (Å²) < 4.78 is 41.4. The van der Waals surface area contributed by atoms with Crippen LogP contribution < -0.4 is 0 Å². The van der Waals surface area contributed by atoms with Crippen LogP contribution in [0.3, 0.4) is 0 Å². The van der Waals surface area contributed by atoms with Crippen molar-refractivity contribution in [1.29, 1.82) is 0 Å². The van der Waals surface area contributed by atoms with Crippen molar-refractivity contribution in [1.82, 2.24) is 0 Å². The zero-order valence-electron chi connectivity index (χ0n) is 15.9. The Hall–Kier alpha value is -0.810. The van der Waals surface area contributed by atoms with E-state index in [9.17, 15) is 23.1 Å². The van der Waals surface area contributed by atoms with Crippen LogP contribution in [-0.2, 0) is 4.79 Å². The Morgan fingerprint density at radius 2 is 1.81 bits per heavy atom. The summed E-state index contributed by atoms with van der Waals surface area (Å²) in [6.07, 6.45) is 0.569. The average Bonchev–Trinajstić information content (AvgIpc) is 2.86. The Bertz CT molecular complexity index is 757. The first-order valence-corrected chi connectivity index (χ1v) is 10.2. The molecule has 27 heavy (non-hydrogen) atoms. The molecular formula is C21H26ClF3O2. The minimum atomic E-state index is -4.61. The van der Waals surface area contributed by atoms with E-state index in [1.165, 1.54) is 6.08 Å². The Labute approximate surface area is 162 Å². The lowest BCUT2D eigenvalue weighted by Gasteiger charge is -2.60. The first kappa shape index (κ1) is 19.5. The van der Waals surface area contributed by atoms with Crippen LogP contribution in [-0.4, -0.2) is 22.7 Å². The predicted molar refractivity (Wildman–Crippen MR) is 97.0 cm³/mol. The summed E-state index contributed by atoms with van der Waals surface area (Å²) in [5, 5.41) is 11.0. The number of carbonyl (C=O) groups excluding carboxylic acids is 1. The first-order chi connectivity index (χ1) is 12.4. The lowest BCUT2D eigenvalue weighted by atomic mass is 9.45. The Morgan fingerprint density at radius 1 is 1.19 bits per heavy atom. The number of allylic oxidation sites excluding steroid dienone is 4. The highest BCUT2D eigenvalue weighted by atomic mass is 35.5. The van der Waals surface area contributed by atoms with Gasteiger partial charge < -0.3 is 5.11 Å². The van der Waals surface area contributed by atoms with Gasteiger partial charge in [-0.1, -0.05) is 38.4 Å². The molecule has 0 heterocycles. The molecule has 0 saturated heterocycles. The third-order valence-electron chi connectivity index (χ3n) is 8.62. The molecule has 1 N–H and O–H groups in total. The topological polar surface area (TPSA) is 37.3 Å². The van der Waals surface area contributed by atoms with E-state index in [2.05, 4.69) is 13.8 Å². The highest BCUT2D eigenvalue weighted by Gasteiger charge is 2.72. The number of rotatable bonds is 0. The zero-order chi connectivity index (χ0) is 20.0. The van der Waals surface area contributed by atoms with Gasteiger partial charge in [0.25, 0.3) is 0 Å². The van der Waals surface area contributed by atoms with Crippen LogP contribution in [0.1, 0.15) is 52.9 Å². The van der Waals surface area contributed by atoms with Crippen molar-refractivity contribution in [2.75, 3.05) is 0 Å². The lowest BCUT2D eigenvalue weighted by Crippen LogP contribution is -2.60. The zero-order valence-corrected chi connectivity index (χ0v) is 16.6. The molecule has 0 aliphatic heterocycles. The number of fused-ring (bicyclic) bond motifs is 5. The third kappa shape index (κ3) is 2.27. The van der Waals surface area contributed by atoms with Crippen LogP contribution in [0, 0.1) is 34.5 Å². The number of hydrogen-bond acceptors (Lipinski definition) is 2. The Kier molecular flexibility index (Phi) is 4.06. The second kappa shape index (κ2) is 5.63. The highest BCUT2D eigenvalue weighted by molar-refractivity contribution is 6.45. The van der Waals surface area contributed by atoms with Gasteiger partial charge in [0.05, 0.1) is 5.03 Å². The normalized spacial score (nSPS) is 49.7. The quantitative estimate of drug-likeness (QED) is 0.589. The van der Waals surface area contributed by atoms with Crippen molar-refractivity contribution in [2.45, 2.75) is 64.7 Å². The fourth-order valence-electron chi connectivity index (χ4n) is 7.09. The second-order valence-corrected chi connectivity index (χ2v) is 9.98. The number of aliphatic hydroxyl groups is 1. The molecule has 0 radical (unpaired) electrons. The monoisotopic (exact) mass is 402 g/mol. The van der Waals surface area contributed by atoms with E-state index in [-0.39, 0.29) is 46.3 Å². The Balaban J connectivity index is 1.77. The molecule has 6 heteroatoms. The van der Waals surface area contributed by atoms with Crippen LogP contribution >= 0.6 is 11.6 Å². The molecule has 4 aliphatic carbocycles. The van der Waals surface area contributed by atoms with E-state index in [4.69, 9.17) is 11.6 Å². The molecule has 0 amide bonds. The van der Waals surface area contributed by atoms with Crippen molar-refractivity contribution in [3.8, 4) is 0 Å². The second-order valence-electron chi connectivity index (χ2n) is 9.60. The van der Waals surface area contributed by atoms with Crippen molar-refractivity contribution >= 4 is 17.4 Å². The number of ketones is 1. The molecule has 7 atom stereocenters. The molecule has 4 aliphatic rings. The molecule has 3 saturated carbocycles. The van der Waals surface area contributed by atoms with Gasteiger partial charge in [0.15, 0.2) is 11.4 Å². The van der Waals surface area contributed by atoms with Crippen LogP contribution in [0.2, 0.25) is 0 Å². The molecule has 0 spiro atoms. The third-order valence-corrected chi connectivity index (χ3v) is 9.03. The van der Waals surface area contributed by atoms with Gasteiger partial charge in [-0.15, -0.1) is 0 Å². The SMILES string of the molecule is C[C@H]1CC2=C(Cl)C(=O)C=C[C@]2(C)C2CC[C@@]3(C)C(CC[C@@]3(O)C(F)(F)F)C21. The van der Waals surface area contributed by atoms with Crippen molar-refractivity contribution in [3.63, 3.8) is 0 Å². The highest BCUT2D eigenvalue weighted by Crippen LogP contribution is 2.70. The molecule has 4 rings (SSSR count). The van der Waals surface area contributed by atoms with E-state index in [1.54, 1.807) is 6.92 Å². The molecule has 0 aromatic rings. The van der Waals surface area contributed by atoms with E-state index < -0.39 is 17.2 Å². The summed E-state index contributed by atoms with van der Waals surface area (Å²) >= 11 is 6.36. The van der Waals surface area contributed by atoms with Crippen LogP contribution in [0.4, 0.5) is 13.2 Å². The molecule has 3 fully saturated rings. The summed E-state index contributed by atoms with van der Waals surface area (Å²) in [4.78, 5) is 12.1. The van der Waals surface area contributed by atoms with Crippen molar-refractivity contribution in [3.05, 3.63) is 22.8 Å². The van der Waals surface area contributed by atoms with E-state index in [1.807, 2.05) is 6.08 Å². The maximum Gasteiger partial charge on any atom is 0.417 e. The molecular weight excluding hydrogens is 377 g/mol. The van der Waals surface area contributed by atoms with Gasteiger partial charge in [-0.25, -0.2) is 0 Å². The lowest BCUT2D eigenvalue weighted by molar-refractivity contribution is -0.303. The van der Waals surface area contributed by atoms with Crippen LogP contribution in [0.25, 0.3) is 0 Å². The summed E-state index contributed by atoms with van der Waals surface area (Å²) in [6, 6.07) is 0. The average molecular weight is 403 g/mol. The van der Waals surface area contributed by atoms with E-state index >= 15 is 0 Å². The largest absolute Gasteiger partial charge is 0.417 e. The molecule has 0 aromatic carbocycles. The van der Waals surface area contributed by atoms with Gasteiger partial charge >= 0.3 is 6.18 Å². The summed E-state index contributed by atoms with van der Waals surface area (Å²) in [5.41, 5.74) is -3.21. The number of alkyl halides is 3. The molecule has 150 valence electrons. The molecule has 3 unspecified atom stereocenters. The minimum absolute atomic E-state index is 0.0798. The van der Waals surface area contributed by atoms with Gasteiger partial charge in [0.1, 0.15) is 0 Å². The number of halogens is 4. The van der Waals surface area contributed by atoms with Crippen LogP contribution in [0.5, 0.6) is 0 Å². The number of hydrogen-bond donors (Lipinski definition) is 1. The summed E-state index contributed by atoms with van der Waals surface area (Å²) in [7, 11) is 0. The van der Waals surface area contributed by atoms with E-state index in [0.717, 1.165) is 5.57 Å². The fraction of sp³-hybridized carbons (Fsp3) is 0.762. The van der Waals surface area contributed by atoms with Crippen molar-refractivity contribution < 1.29 is 23.1 Å². The molecule has 2 nitrogen and oxygen atoms in total. The van der Waals surface area contributed by atoms with Gasteiger partial charge in [-0.3, -0.25) is 4.79 Å². The predicted octanol–water partition coefficient (Wildman–Crippen LogP) is 5.40. The number of carbonyl (C=O) groups is 1. The van der Waals surface area contributed by atoms with Crippen LogP contribution in [0.15, 0.2) is 22.8 Å². The maximum absolute atomic E-state index is 13.8. The van der Waals surface area contributed by atoms with E-state index in [0.29, 0.717) is 25.7 Å². The minimum Gasteiger partial charge on any atom is -0.380 e. The molecule has 0 bridgehead atoms.